The Kier molecular flexibility index (Phi) is 4.74. The number of nitrogens with zero attached hydrogens (tertiary/aromatic N) is 2. The average molecular weight is 345 g/mol. The Morgan fingerprint density at radius 2 is 2.04 bits per heavy atom. The van der Waals surface area contributed by atoms with E-state index in [1.807, 2.05) is 6.92 Å². The summed E-state index contributed by atoms with van der Waals surface area (Å²) < 4.78 is 0. The van der Waals surface area contributed by atoms with E-state index in [0.717, 1.165) is 24.8 Å². The number of hydrogen-bond donors (Lipinski definition) is 1. The first-order valence-corrected chi connectivity index (χ1v) is 8.75. The van der Waals surface area contributed by atoms with Crippen LogP contribution < -0.4 is 5.32 Å². The van der Waals surface area contributed by atoms with Crippen LogP contribution in [0.15, 0.2) is 18.2 Å². The van der Waals surface area contributed by atoms with E-state index in [4.69, 9.17) is 0 Å². The standard InChI is InChI=1S/C18H23N3O4/c1-11-6-7-13(21(24)25)10-15(11)19-17(22)16-5-3-4-8-20(16)18(23)14-9-12(14)2/h6-7,10,12,14,16H,3-5,8-9H2,1-2H3,(H,19,22)/t12-,14+,16+/m1/s1. The first kappa shape index (κ1) is 17.4. The third kappa shape index (κ3) is 3.65. The van der Waals surface area contributed by atoms with Gasteiger partial charge < -0.3 is 10.2 Å². The summed E-state index contributed by atoms with van der Waals surface area (Å²) in [5, 5.41) is 13.7. The lowest BCUT2D eigenvalue weighted by atomic mass is 10.00. The lowest BCUT2D eigenvalue weighted by molar-refractivity contribution is -0.384. The summed E-state index contributed by atoms with van der Waals surface area (Å²) in [6, 6.07) is 3.90. The summed E-state index contributed by atoms with van der Waals surface area (Å²) in [5.74, 6) is 0.262. The number of non-ortho nitro benzene ring substituents is 1. The molecule has 1 aliphatic heterocycles. The van der Waals surface area contributed by atoms with Gasteiger partial charge in [-0.3, -0.25) is 19.7 Å². The van der Waals surface area contributed by atoms with Gasteiger partial charge in [0.05, 0.1) is 10.6 Å². The van der Waals surface area contributed by atoms with Crippen molar-refractivity contribution in [3.05, 3.63) is 33.9 Å². The number of rotatable bonds is 4. The summed E-state index contributed by atoms with van der Waals surface area (Å²) in [6.07, 6.45) is 3.34. The summed E-state index contributed by atoms with van der Waals surface area (Å²) >= 11 is 0. The monoisotopic (exact) mass is 345 g/mol. The molecule has 1 N–H and O–H groups in total. The second-order valence-electron chi connectivity index (χ2n) is 7.11. The van der Waals surface area contributed by atoms with Gasteiger partial charge in [0.15, 0.2) is 0 Å². The first-order valence-electron chi connectivity index (χ1n) is 8.75. The van der Waals surface area contributed by atoms with E-state index in [2.05, 4.69) is 5.32 Å². The number of nitro groups is 1. The minimum absolute atomic E-state index is 0.0490. The van der Waals surface area contributed by atoms with Crippen molar-refractivity contribution in [2.75, 3.05) is 11.9 Å². The van der Waals surface area contributed by atoms with Crippen LogP contribution in [-0.2, 0) is 9.59 Å². The zero-order valence-corrected chi connectivity index (χ0v) is 14.5. The van der Waals surface area contributed by atoms with Crippen LogP contribution in [0.4, 0.5) is 11.4 Å². The fourth-order valence-electron chi connectivity index (χ4n) is 3.42. The molecule has 7 nitrogen and oxygen atoms in total. The van der Waals surface area contributed by atoms with Gasteiger partial charge in [0.25, 0.3) is 5.69 Å². The average Bonchev–Trinajstić information content (AvgIpc) is 3.32. The van der Waals surface area contributed by atoms with Gasteiger partial charge in [-0.1, -0.05) is 13.0 Å². The molecule has 0 spiro atoms. The Bertz CT molecular complexity index is 718. The van der Waals surface area contributed by atoms with Crippen LogP contribution in [0.1, 0.15) is 38.2 Å². The number of nitro benzene ring substituents is 1. The van der Waals surface area contributed by atoms with Gasteiger partial charge in [0, 0.05) is 24.6 Å². The smallest absolute Gasteiger partial charge is 0.271 e. The predicted octanol–water partition coefficient (Wildman–Crippen LogP) is 2.88. The number of anilines is 1. The van der Waals surface area contributed by atoms with E-state index in [1.54, 1.807) is 17.9 Å². The molecule has 2 amide bonds. The van der Waals surface area contributed by atoms with Gasteiger partial charge in [0.1, 0.15) is 6.04 Å². The molecule has 25 heavy (non-hydrogen) atoms. The molecule has 1 saturated heterocycles. The summed E-state index contributed by atoms with van der Waals surface area (Å²) in [4.78, 5) is 37.5. The molecule has 0 aromatic heterocycles. The highest BCUT2D eigenvalue weighted by Crippen LogP contribution is 2.40. The van der Waals surface area contributed by atoms with Gasteiger partial charge in [-0.2, -0.15) is 0 Å². The third-order valence-electron chi connectivity index (χ3n) is 5.21. The molecule has 134 valence electrons. The molecule has 0 bridgehead atoms. The van der Waals surface area contributed by atoms with Crippen molar-refractivity contribution in [3.63, 3.8) is 0 Å². The summed E-state index contributed by atoms with van der Waals surface area (Å²) in [6.45, 7) is 4.44. The van der Waals surface area contributed by atoms with E-state index >= 15 is 0 Å². The van der Waals surface area contributed by atoms with Gasteiger partial charge in [-0.25, -0.2) is 0 Å². The second-order valence-corrected chi connectivity index (χ2v) is 7.11. The lowest BCUT2D eigenvalue weighted by Gasteiger charge is -2.35. The van der Waals surface area contributed by atoms with E-state index < -0.39 is 11.0 Å². The molecule has 1 heterocycles. The Morgan fingerprint density at radius 3 is 2.68 bits per heavy atom. The fourth-order valence-corrected chi connectivity index (χ4v) is 3.42. The normalized spacial score (nSPS) is 25.4. The Balaban J connectivity index is 1.76. The van der Waals surface area contributed by atoms with Gasteiger partial charge in [0.2, 0.25) is 11.8 Å². The Hall–Kier alpha value is -2.44. The van der Waals surface area contributed by atoms with Crippen LogP contribution >= 0.6 is 0 Å². The number of carbonyl (C=O) groups is 2. The quantitative estimate of drug-likeness (QED) is 0.671. The number of benzene rings is 1. The maximum atomic E-state index is 12.8. The summed E-state index contributed by atoms with van der Waals surface area (Å²) in [7, 11) is 0. The highest BCUT2D eigenvalue weighted by molar-refractivity contribution is 5.98. The fraction of sp³-hybridized carbons (Fsp3) is 0.556. The lowest BCUT2D eigenvalue weighted by Crippen LogP contribution is -2.50. The number of piperidine rings is 1. The molecule has 1 aromatic carbocycles. The van der Waals surface area contributed by atoms with Crippen LogP contribution in [0.25, 0.3) is 0 Å². The molecule has 2 fully saturated rings. The minimum Gasteiger partial charge on any atom is -0.330 e. The van der Waals surface area contributed by atoms with Crippen molar-refractivity contribution in [1.29, 1.82) is 0 Å². The maximum Gasteiger partial charge on any atom is 0.271 e. The number of carbonyl (C=O) groups excluding carboxylic acids is 2. The Labute approximate surface area is 146 Å². The highest BCUT2D eigenvalue weighted by atomic mass is 16.6. The topological polar surface area (TPSA) is 92.6 Å². The number of likely N-dealkylation sites (tertiary alicyclic amines) is 1. The molecule has 0 unspecified atom stereocenters. The van der Waals surface area contributed by atoms with Gasteiger partial charge in [-0.05, 0) is 44.1 Å². The zero-order chi connectivity index (χ0) is 18.1. The molecular formula is C18H23N3O4. The summed E-state index contributed by atoms with van der Waals surface area (Å²) in [5.41, 5.74) is 1.12. The molecule has 3 atom stereocenters. The van der Waals surface area contributed by atoms with Gasteiger partial charge >= 0.3 is 0 Å². The second kappa shape index (κ2) is 6.82. The molecule has 1 aliphatic carbocycles. The van der Waals surface area contributed by atoms with E-state index in [-0.39, 0.29) is 23.4 Å². The first-order chi connectivity index (χ1) is 11.9. The van der Waals surface area contributed by atoms with Crippen molar-refractivity contribution in [2.45, 2.75) is 45.6 Å². The van der Waals surface area contributed by atoms with Crippen LogP contribution in [0, 0.1) is 28.9 Å². The van der Waals surface area contributed by atoms with Crippen LogP contribution in [0.3, 0.4) is 0 Å². The van der Waals surface area contributed by atoms with Crippen LogP contribution in [0.5, 0.6) is 0 Å². The SMILES string of the molecule is Cc1ccc([N+](=O)[O-])cc1NC(=O)[C@@H]1CCCCN1C(=O)[C@H]1C[C@H]1C. The minimum atomic E-state index is -0.493. The third-order valence-corrected chi connectivity index (χ3v) is 5.21. The van der Waals surface area contributed by atoms with Crippen molar-refractivity contribution >= 4 is 23.2 Å². The predicted molar refractivity (Wildman–Crippen MR) is 93.1 cm³/mol. The molecule has 2 aliphatic rings. The van der Waals surface area contributed by atoms with E-state index in [9.17, 15) is 19.7 Å². The van der Waals surface area contributed by atoms with Crippen molar-refractivity contribution in [1.82, 2.24) is 4.90 Å². The van der Waals surface area contributed by atoms with Crippen molar-refractivity contribution < 1.29 is 14.5 Å². The largest absolute Gasteiger partial charge is 0.330 e. The number of nitrogens with one attached hydrogen (secondary N) is 1. The zero-order valence-electron chi connectivity index (χ0n) is 14.5. The van der Waals surface area contributed by atoms with Crippen LogP contribution in [0.2, 0.25) is 0 Å². The molecule has 7 heteroatoms. The molecule has 1 saturated carbocycles. The highest BCUT2D eigenvalue weighted by Gasteiger charge is 2.44. The van der Waals surface area contributed by atoms with E-state index in [0.29, 0.717) is 24.6 Å². The van der Waals surface area contributed by atoms with Gasteiger partial charge in [-0.15, -0.1) is 0 Å². The number of amides is 2. The van der Waals surface area contributed by atoms with E-state index in [1.165, 1.54) is 12.1 Å². The van der Waals surface area contributed by atoms with Crippen LogP contribution in [-0.4, -0.2) is 34.2 Å². The molecule has 3 rings (SSSR count). The Morgan fingerprint density at radius 1 is 1.32 bits per heavy atom. The molecule has 0 radical (unpaired) electrons. The number of hydrogen-bond acceptors (Lipinski definition) is 4. The number of aryl methyl sites for hydroxylation is 1. The maximum absolute atomic E-state index is 12.8. The van der Waals surface area contributed by atoms with Crippen molar-refractivity contribution in [2.24, 2.45) is 11.8 Å². The molecule has 1 aromatic rings. The van der Waals surface area contributed by atoms with Crippen molar-refractivity contribution in [3.8, 4) is 0 Å². The molecular weight excluding hydrogens is 322 g/mol.